The van der Waals surface area contributed by atoms with Crippen molar-refractivity contribution in [3.8, 4) is 0 Å². The van der Waals surface area contributed by atoms with Gasteiger partial charge in [-0.3, -0.25) is 4.79 Å². The number of thiophene rings is 1. The molecule has 0 aliphatic carbocycles. The topological polar surface area (TPSA) is 20.3 Å². The highest BCUT2D eigenvalue weighted by Crippen LogP contribution is 2.34. The smallest absolute Gasteiger partial charge is 0.172 e. The van der Waals surface area contributed by atoms with Crippen molar-refractivity contribution in [2.75, 3.05) is 19.6 Å². The van der Waals surface area contributed by atoms with Crippen LogP contribution in [0.5, 0.6) is 0 Å². The van der Waals surface area contributed by atoms with Crippen LogP contribution in [0.4, 0.5) is 0 Å². The minimum Gasteiger partial charge on any atom is -0.303 e. The van der Waals surface area contributed by atoms with E-state index in [1.807, 2.05) is 17.5 Å². The average Bonchev–Trinajstić information content (AvgIpc) is 2.84. The number of ketones is 1. The van der Waals surface area contributed by atoms with E-state index in [-0.39, 0.29) is 0 Å². The maximum absolute atomic E-state index is 12.0. The molecule has 21 heavy (non-hydrogen) atoms. The number of Topliss-reactive ketones (excluding diaryl/α,β-unsaturated/α-hetero) is 1. The molecule has 1 aliphatic heterocycles. The van der Waals surface area contributed by atoms with Crippen LogP contribution in [0.25, 0.3) is 0 Å². The Morgan fingerprint density at radius 3 is 2.81 bits per heavy atom. The van der Waals surface area contributed by atoms with Gasteiger partial charge in [-0.25, -0.2) is 0 Å². The number of likely N-dealkylation sites (tertiary alicyclic amines) is 1. The minimum absolute atomic E-state index is 0.312. The highest BCUT2D eigenvalue weighted by Gasteiger charge is 2.26. The lowest BCUT2D eigenvalue weighted by Crippen LogP contribution is -2.27. The van der Waals surface area contributed by atoms with Gasteiger partial charge in [0.1, 0.15) is 0 Å². The molecular weight excluding hydrogens is 278 g/mol. The van der Waals surface area contributed by atoms with E-state index in [0.29, 0.717) is 17.6 Å². The van der Waals surface area contributed by atoms with Crippen molar-refractivity contribution in [2.24, 2.45) is 11.3 Å². The molecule has 1 saturated heterocycles. The van der Waals surface area contributed by atoms with Gasteiger partial charge in [0.2, 0.25) is 0 Å². The number of carbonyl (C=O) groups is 1. The second kappa shape index (κ2) is 7.55. The van der Waals surface area contributed by atoms with Crippen molar-refractivity contribution < 1.29 is 4.79 Å². The van der Waals surface area contributed by atoms with E-state index in [4.69, 9.17) is 0 Å². The van der Waals surface area contributed by atoms with Crippen molar-refractivity contribution in [1.29, 1.82) is 0 Å². The Hall–Kier alpha value is -0.670. The maximum atomic E-state index is 12.0. The largest absolute Gasteiger partial charge is 0.303 e. The predicted molar refractivity (Wildman–Crippen MR) is 91.1 cm³/mol. The van der Waals surface area contributed by atoms with E-state index >= 15 is 0 Å². The molecule has 0 aromatic carbocycles. The zero-order chi connectivity index (χ0) is 15.3. The number of nitrogens with zero attached hydrogens (tertiary/aromatic N) is 1. The van der Waals surface area contributed by atoms with E-state index in [0.717, 1.165) is 23.8 Å². The SMILES string of the molecule is CC(C)(C)C1CCCN(CCCC(=O)c2cccs2)CC1. The van der Waals surface area contributed by atoms with Crippen molar-refractivity contribution >= 4 is 17.1 Å². The molecule has 0 saturated carbocycles. The van der Waals surface area contributed by atoms with Gasteiger partial charge in [-0.15, -0.1) is 11.3 Å². The number of rotatable bonds is 5. The molecular formula is C18H29NOS. The van der Waals surface area contributed by atoms with Gasteiger partial charge in [-0.2, -0.15) is 0 Å². The van der Waals surface area contributed by atoms with Crippen LogP contribution in [-0.2, 0) is 0 Å². The molecule has 0 spiro atoms. The summed E-state index contributed by atoms with van der Waals surface area (Å²) in [5.74, 6) is 1.16. The average molecular weight is 308 g/mol. The second-order valence-electron chi connectivity index (χ2n) is 7.34. The summed E-state index contributed by atoms with van der Waals surface area (Å²) in [5, 5.41) is 1.98. The lowest BCUT2D eigenvalue weighted by atomic mass is 9.77. The Bertz CT molecular complexity index is 433. The highest BCUT2D eigenvalue weighted by atomic mass is 32.1. The zero-order valence-electron chi connectivity index (χ0n) is 13.7. The van der Waals surface area contributed by atoms with Crippen molar-refractivity contribution in [3.63, 3.8) is 0 Å². The van der Waals surface area contributed by atoms with E-state index < -0.39 is 0 Å². The normalized spacial score (nSPS) is 21.2. The van der Waals surface area contributed by atoms with Crippen molar-refractivity contribution in [2.45, 2.75) is 52.9 Å². The summed E-state index contributed by atoms with van der Waals surface area (Å²) >= 11 is 1.56. The highest BCUT2D eigenvalue weighted by molar-refractivity contribution is 7.12. The molecule has 0 N–H and O–H groups in total. The molecule has 1 aromatic heterocycles. The molecule has 2 heterocycles. The van der Waals surface area contributed by atoms with Crippen LogP contribution in [0, 0.1) is 11.3 Å². The van der Waals surface area contributed by atoms with Crippen LogP contribution in [0.1, 0.15) is 62.5 Å². The number of hydrogen-bond acceptors (Lipinski definition) is 3. The van der Waals surface area contributed by atoms with Crippen LogP contribution < -0.4 is 0 Å². The molecule has 1 atom stereocenters. The molecule has 2 rings (SSSR count). The summed E-state index contributed by atoms with van der Waals surface area (Å²) < 4.78 is 0. The Balaban J connectivity index is 1.71. The molecule has 0 amide bonds. The second-order valence-corrected chi connectivity index (χ2v) is 8.29. The van der Waals surface area contributed by atoms with Gasteiger partial charge >= 0.3 is 0 Å². The molecule has 3 heteroatoms. The zero-order valence-corrected chi connectivity index (χ0v) is 14.5. The number of carbonyl (C=O) groups excluding carboxylic acids is 1. The van der Waals surface area contributed by atoms with E-state index in [1.54, 1.807) is 11.3 Å². The first kappa shape index (κ1) is 16.7. The van der Waals surface area contributed by atoms with Crippen LogP contribution >= 0.6 is 11.3 Å². The molecule has 1 aliphatic rings. The first-order valence-electron chi connectivity index (χ1n) is 8.26. The van der Waals surface area contributed by atoms with Gasteiger partial charge in [0, 0.05) is 6.42 Å². The van der Waals surface area contributed by atoms with Gasteiger partial charge in [-0.05, 0) is 68.1 Å². The third kappa shape index (κ3) is 5.23. The first-order chi connectivity index (χ1) is 9.97. The van der Waals surface area contributed by atoms with E-state index in [1.165, 1.54) is 32.4 Å². The Labute approximate surface area is 133 Å². The molecule has 1 aromatic rings. The first-order valence-corrected chi connectivity index (χ1v) is 9.14. The fourth-order valence-electron chi connectivity index (χ4n) is 3.27. The lowest BCUT2D eigenvalue weighted by Gasteiger charge is -2.29. The van der Waals surface area contributed by atoms with Gasteiger partial charge < -0.3 is 4.90 Å². The van der Waals surface area contributed by atoms with Crippen molar-refractivity contribution in [1.82, 2.24) is 4.90 Å². The van der Waals surface area contributed by atoms with Crippen LogP contribution in [0.2, 0.25) is 0 Å². The number of hydrogen-bond donors (Lipinski definition) is 0. The summed E-state index contributed by atoms with van der Waals surface area (Å²) in [7, 11) is 0. The minimum atomic E-state index is 0.312. The molecule has 1 fully saturated rings. The third-order valence-corrected chi connectivity index (χ3v) is 5.63. The lowest BCUT2D eigenvalue weighted by molar-refractivity contribution is 0.0978. The maximum Gasteiger partial charge on any atom is 0.172 e. The summed E-state index contributed by atoms with van der Waals surface area (Å²) in [6.45, 7) is 10.6. The van der Waals surface area contributed by atoms with Gasteiger partial charge in [0.05, 0.1) is 4.88 Å². The standard InChI is InChI=1S/C18H29NOS/c1-18(2,3)15-7-4-11-19(13-10-15)12-5-8-16(20)17-9-6-14-21-17/h6,9,14-15H,4-5,7-8,10-13H2,1-3H3. The molecule has 0 radical (unpaired) electrons. The fourth-order valence-corrected chi connectivity index (χ4v) is 3.96. The Kier molecular flexibility index (Phi) is 6.00. The van der Waals surface area contributed by atoms with Crippen LogP contribution in [0.15, 0.2) is 17.5 Å². The van der Waals surface area contributed by atoms with Gasteiger partial charge in [0.15, 0.2) is 5.78 Å². The predicted octanol–water partition coefficient (Wildman–Crippen LogP) is 4.86. The summed E-state index contributed by atoms with van der Waals surface area (Å²) in [5.41, 5.74) is 0.436. The Morgan fingerprint density at radius 1 is 1.33 bits per heavy atom. The molecule has 0 bridgehead atoms. The summed E-state index contributed by atoms with van der Waals surface area (Å²) in [4.78, 5) is 15.5. The molecule has 118 valence electrons. The summed E-state index contributed by atoms with van der Waals surface area (Å²) in [6.07, 6.45) is 5.66. The van der Waals surface area contributed by atoms with Gasteiger partial charge in [0.25, 0.3) is 0 Å². The molecule has 1 unspecified atom stereocenters. The van der Waals surface area contributed by atoms with Crippen LogP contribution in [-0.4, -0.2) is 30.3 Å². The van der Waals surface area contributed by atoms with Crippen LogP contribution in [0.3, 0.4) is 0 Å². The third-order valence-electron chi connectivity index (χ3n) is 4.72. The molecule has 2 nitrogen and oxygen atoms in total. The quantitative estimate of drug-likeness (QED) is 0.724. The van der Waals surface area contributed by atoms with E-state index in [9.17, 15) is 4.79 Å². The van der Waals surface area contributed by atoms with Crippen molar-refractivity contribution in [3.05, 3.63) is 22.4 Å². The Morgan fingerprint density at radius 2 is 2.14 bits per heavy atom. The van der Waals surface area contributed by atoms with Gasteiger partial charge in [-0.1, -0.05) is 26.8 Å². The summed E-state index contributed by atoms with van der Waals surface area (Å²) in [6, 6.07) is 3.90. The van der Waals surface area contributed by atoms with E-state index in [2.05, 4.69) is 25.7 Å². The fraction of sp³-hybridized carbons (Fsp3) is 0.722. The monoisotopic (exact) mass is 307 g/mol.